The van der Waals surface area contributed by atoms with E-state index in [9.17, 15) is 4.79 Å². The number of anilines is 1. The fourth-order valence-corrected chi connectivity index (χ4v) is 4.99. The highest BCUT2D eigenvalue weighted by atomic mass is 32.1. The number of ether oxygens (including phenoxy) is 2. The summed E-state index contributed by atoms with van der Waals surface area (Å²) in [5, 5.41) is 7.41. The van der Waals surface area contributed by atoms with Gasteiger partial charge in [0.1, 0.15) is 11.5 Å². The van der Waals surface area contributed by atoms with Crippen LogP contribution in [-0.2, 0) is 4.79 Å². The lowest BCUT2D eigenvalue weighted by Crippen LogP contribution is -2.59. The number of rotatable bonds is 5. The van der Waals surface area contributed by atoms with Crippen molar-refractivity contribution >= 4 is 28.9 Å². The zero-order valence-electron chi connectivity index (χ0n) is 16.6. The van der Waals surface area contributed by atoms with E-state index in [4.69, 9.17) is 21.7 Å². The van der Waals surface area contributed by atoms with Crippen LogP contribution >= 0.6 is 12.2 Å². The summed E-state index contributed by atoms with van der Waals surface area (Å²) in [5.74, 6) is 1.97. The van der Waals surface area contributed by atoms with Gasteiger partial charge in [0.2, 0.25) is 5.91 Å². The average Bonchev–Trinajstić information content (AvgIpc) is 3.53. The summed E-state index contributed by atoms with van der Waals surface area (Å²) in [6.45, 7) is 0. The molecule has 7 heteroatoms. The minimum Gasteiger partial charge on any atom is -0.497 e. The first-order valence-electron chi connectivity index (χ1n) is 10.2. The Morgan fingerprint density at radius 3 is 2.43 bits per heavy atom. The van der Waals surface area contributed by atoms with Gasteiger partial charge in [0, 0.05) is 30.1 Å². The molecule has 3 aliphatic rings. The Labute approximate surface area is 171 Å². The number of nitrogens with one attached hydrogen (secondary N) is 2. The smallest absolute Gasteiger partial charge is 0.223 e. The van der Waals surface area contributed by atoms with Gasteiger partial charge in [-0.15, -0.1) is 0 Å². The predicted molar refractivity (Wildman–Crippen MR) is 113 cm³/mol. The third-order valence-electron chi connectivity index (χ3n) is 6.15. The molecule has 2 aliphatic heterocycles. The Kier molecular flexibility index (Phi) is 5.62. The van der Waals surface area contributed by atoms with Crippen molar-refractivity contribution in [3.8, 4) is 11.5 Å². The number of methoxy groups -OCH3 is 2. The molecule has 0 spiro atoms. The Balaban J connectivity index is 1.43. The summed E-state index contributed by atoms with van der Waals surface area (Å²) in [5.41, 5.74) is 0.843. The second-order valence-electron chi connectivity index (χ2n) is 8.09. The normalized spacial score (nSPS) is 26.4. The summed E-state index contributed by atoms with van der Waals surface area (Å²) < 4.78 is 10.8. The van der Waals surface area contributed by atoms with E-state index in [1.807, 2.05) is 18.2 Å². The van der Waals surface area contributed by atoms with Gasteiger partial charge in [0.15, 0.2) is 5.11 Å². The van der Waals surface area contributed by atoms with E-state index in [1.165, 1.54) is 6.42 Å². The largest absolute Gasteiger partial charge is 0.497 e. The number of hydrogen-bond acceptors (Lipinski definition) is 4. The second kappa shape index (κ2) is 8.15. The van der Waals surface area contributed by atoms with E-state index in [0.29, 0.717) is 17.8 Å². The van der Waals surface area contributed by atoms with Crippen LogP contribution in [0.2, 0.25) is 0 Å². The number of amides is 1. The first-order chi connectivity index (χ1) is 13.6. The molecule has 2 bridgehead atoms. The zero-order valence-corrected chi connectivity index (χ0v) is 17.4. The maximum absolute atomic E-state index is 12.2. The number of carbonyl (C=O) groups excluding carboxylic acids is 1. The molecule has 28 heavy (non-hydrogen) atoms. The molecule has 2 N–H and O–H groups in total. The summed E-state index contributed by atoms with van der Waals surface area (Å²) in [6, 6.07) is 6.71. The third kappa shape index (κ3) is 4.04. The number of carbonyl (C=O) groups is 1. The standard InChI is InChI=1S/C21H29N3O3S/c1-26-17-8-9-18(19(12-17)27-2)23-21(28)24-15-4-3-5-16(24)11-14(10-15)22-20(25)13-6-7-13/h8-9,12-16H,3-7,10-11H2,1-2H3,(H,22,25)(H,23,28)/t14?,15-,16+. The molecule has 1 aromatic rings. The van der Waals surface area contributed by atoms with Crippen molar-refractivity contribution < 1.29 is 14.3 Å². The lowest BCUT2D eigenvalue weighted by Gasteiger charge is -2.50. The van der Waals surface area contributed by atoms with Crippen LogP contribution in [0.1, 0.15) is 44.9 Å². The molecule has 0 radical (unpaired) electrons. The molecule has 1 aliphatic carbocycles. The SMILES string of the molecule is COc1ccc(NC(=S)N2[C@@H]3CCC[C@H]2CC(NC(=O)C2CC2)C3)c(OC)c1. The fourth-order valence-electron chi connectivity index (χ4n) is 4.58. The van der Waals surface area contributed by atoms with E-state index in [1.54, 1.807) is 14.2 Å². The van der Waals surface area contributed by atoms with Crippen LogP contribution in [0.3, 0.4) is 0 Å². The number of benzene rings is 1. The summed E-state index contributed by atoms with van der Waals surface area (Å²) >= 11 is 5.80. The Hall–Kier alpha value is -2.02. The van der Waals surface area contributed by atoms with E-state index < -0.39 is 0 Å². The van der Waals surface area contributed by atoms with E-state index in [0.717, 1.165) is 55.1 Å². The van der Waals surface area contributed by atoms with Crippen molar-refractivity contribution in [2.24, 2.45) is 5.92 Å². The number of hydrogen-bond donors (Lipinski definition) is 2. The lowest BCUT2D eigenvalue weighted by molar-refractivity contribution is -0.123. The number of thiocarbonyl (C=S) groups is 1. The monoisotopic (exact) mass is 403 g/mol. The first-order valence-corrected chi connectivity index (χ1v) is 10.6. The van der Waals surface area contributed by atoms with Crippen molar-refractivity contribution in [3.63, 3.8) is 0 Å². The van der Waals surface area contributed by atoms with Crippen LogP contribution in [-0.4, -0.2) is 48.3 Å². The molecule has 2 heterocycles. The topological polar surface area (TPSA) is 62.8 Å². The van der Waals surface area contributed by atoms with E-state index in [-0.39, 0.29) is 17.9 Å². The highest BCUT2D eigenvalue weighted by molar-refractivity contribution is 7.80. The highest BCUT2D eigenvalue weighted by Gasteiger charge is 2.41. The van der Waals surface area contributed by atoms with Crippen LogP contribution in [0.25, 0.3) is 0 Å². The molecule has 1 amide bonds. The predicted octanol–water partition coefficient (Wildman–Crippen LogP) is 3.31. The van der Waals surface area contributed by atoms with Gasteiger partial charge in [0.25, 0.3) is 0 Å². The zero-order chi connectivity index (χ0) is 19.7. The number of nitrogens with zero attached hydrogens (tertiary/aromatic N) is 1. The van der Waals surface area contributed by atoms with Crippen molar-refractivity contribution in [2.45, 2.75) is 63.1 Å². The molecule has 1 aromatic carbocycles. The van der Waals surface area contributed by atoms with Crippen LogP contribution in [0.15, 0.2) is 18.2 Å². The van der Waals surface area contributed by atoms with Crippen LogP contribution < -0.4 is 20.1 Å². The van der Waals surface area contributed by atoms with Crippen LogP contribution in [0.5, 0.6) is 11.5 Å². The van der Waals surface area contributed by atoms with Gasteiger partial charge < -0.3 is 25.0 Å². The quantitative estimate of drug-likeness (QED) is 0.736. The first kappa shape index (κ1) is 19.3. The highest BCUT2D eigenvalue weighted by Crippen LogP contribution is 2.37. The number of fused-ring (bicyclic) bond motifs is 2. The van der Waals surface area contributed by atoms with Gasteiger partial charge in [-0.05, 0) is 69.3 Å². The van der Waals surface area contributed by atoms with Gasteiger partial charge >= 0.3 is 0 Å². The Morgan fingerprint density at radius 1 is 1.11 bits per heavy atom. The van der Waals surface area contributed by atoms with Crippen molar-refractivity contribution in [1.29, 1.82) is 0 Å². The Bertz CT molecular complexity index is 738. The molecule has 3 fully saturated rings. The summed E-state index contributed by atoms with van der Waals surface area (Å²) in [6.07, 6.45) is 7.50. The van der Waals surface area contributed by atoms with Gasteiger partial charge in [-0.1, -0.05) is 0 Å². The molecule has 0 aromatic heterocycles. The minimum atomic E-state index is 0.250. The van der Waals surface area contributed by atoms with Gasteiger partial charge in [-0.2, -0.15) is 0 Å². The molecule has 1 unspecified atom stereocenters. The van der Waals surface area contributed by atoms with Gasteiger partial charge in [-0.25, -0.2) is 0 Å². The molecule has 152 valence electrons. The second-order valence-corrected chi connectivity index (χ2v) is 8.48. The third-order valence-corrected chi connectivity index (χ3v) is 6.47. The minimum absolute atomic E-state index is 0.250. The average molecular weight is 404 g/mol. The summed E-state index contributed by atoms with van der Waals surface area (Å²) in [7, 11) is 3.28. The van der Waals surface area contributed by atoms with Crippen LogP contribution in [0, 0.1) is 5.92 Å². The van der Waals surface area contributed by atoms with Crippen LogP contribution in [0.4, 0.5) is 5.69 Å². The number of piperidine rings is 2. The molecule has 4 rings (SSSR count). The molecular formula is C21H29N3O3S. The maximum Gasteiger partial charge on any atom is 0.223 e. The summed E-state index contributed by atoms with van der Waals surface area (Å²) in [4.78, 5) is 14.5. The fraction of sp³-hybridized carbons (Fsp3) is 0.619. The molecule has 2 saturated heterocycles. The van der Waals surface area contributed by atoms with Crippen molar-refractivity contribution in [3.05, 3.63) is 18.2 Å². The molecule has 3 atom stereocenters. The molecular weight excluding hydrogens is 374 g/mol. The van der Waals surface area contributed by atoms with Crippen molar-refractivity contribution in [2.75, 3.05) is 19.5 Å². The lowest BCUT2D eigenvalue weighted by atomic mass is 9.82. The van der Waals surface area contributed by atoms with Gasteiger partial charge in [-0.3, -0.25) is 4.79 Å². The Morgan fingerprint density at radius 2 is 1.82 bits per heavy atom. The van der Waals surface area contributed by atoms with Gasteiger partial charge in [0.05, 0.1) is 19.9 Å². The van der Waals surface area contributed by atoms with E-state index in [2.05, 4.69) is 15.5 Å². The maximum atomic E-state index is 12.2. The molecule has 6 nitrogen and oxygen atoms in total. The molecule has 1 saturated carbocycles. The van der Waals surface area contributed by atoms with Crippen molar-refractivity contribution in [1.82, 2.24) is 10.2 Å². The van der Waals surface area contributed by atoms with E-state index >= 15 is 0 Å².